The van der Waals surface area contributed by atoms with E-state index < -0.39 is 17.8 Å². The number of primary amides is 1. The van der Waals surface area contributed by atoms with Gasteiger partial charge in [-0.3, -0.25) is 9.59 Å². The highest BCUT2D eigenvalue weighted by atomic mass is 16.4. The summed E-state index contributed by atoms with van der Waals surface area (Å²) in [5, 5.41) is 11.3. The van der Waals surface area contributed by atoms with Crippen molar-refractivity contribution in [3.05, 3.63) is 0 Å². The Bertz CT molecular complexity index is 181. The Kier molecular flexibility index (Phi) is 4.28. The molecule has 0 aliphatic carbocycles. The molecule has 0 spiro atoms. The lowest BCUT2D eigenvalue weighted by molar-refractivity contribution is -0.142. The summed E-state index contributed by atoms with van der Waals surface area (Å²) in [7, 11) is 0. The Morgan fingerprint density at radius 1 is 1.50 bits per heavy atom. The SMILES string of the molecule is CC(NCC(N)=O)C(C)C(=O)O. The minimum Gasteiger partial charge on any atom is -0.481 e. The number of hydrogen-bond donors (Lipinski definition) is 3. The lowest BCUT2D eigenvalue weighted by Gasteiger charge is -2.16. The maximum atomic E-state index is 10.4. The lowest BCUT2D eigenvalue weighted by Crippen LogP contribution is -2.40. The predicted octanol–water partition coefficient (Wildman–Crippen LogP) is -0.829. The van der Waals surface area contributed by atoms with Crippen molar-refractivity contribution in [3.8, 4) is 0 Å². The average Bonchev–Trinajstić information content (AvgIpc) is 1.98. The van der Waals surface area contributed by atoms with Gasteiger partial charge in [0.25, 0.3) is 0 Å². The molecule has 0 saturated carbocycles. The molecule has 5 heteroatoms. The summed E-state index contributed by atoms with van der Waals surface area (Å²) in [6.45, 7) is 3.28. The van der Waals surface area contributed by atoms with Crippen LogP contribution in [0.2, 0.25) is 0 Å². The molecule has 2 unspecified atom stereocenters. The molecule has 0 radical (unpaired) electrons. The number of nitrogens with one attached hydrogen (secondary N) is 1. The fraction of sp³-hybridized carbons (Fsp3) is 0.714. The Labute approximate surface area is 70.9 Å². The van der Waals surface area contributed by atoms with E-state index in [-0.39, 0.29) is 12.6 Å². The number of amides is 1. The van der Waals surface area contributed by atoms with E-state index in [4.69, 9.17) is 10.8 Å². The monoisotopic (exact) mass is 174 g/mol. The number of aliphatic carboxylic acids is 1. The summed E-state index contributed by atoms with van der Waals surface area (Å²) in [5.41, 5.74) is 4.87. The number of rotatable bonds is 5. The zero-order chi connectivity index (χ0) is 9.72. The van der Waals surface area contributed by atoms with E-state index in [1.54, 1.807) is 13.8 Å². The van der Waals surface area contributed by atoms with Crippen LogP contribution in [0.15, 0.2) is 0 Å². The van der Waals surface area contributed by atoms with E-state index in [1.165, 1.54) is 0 Å². The molecular formula is C7H14N2O3. The van der Waals surface area contributed by atoms with Crippen LogP contribution < -0.4 is 11.1 Å². The van der Waals surface area contributed by atoms with Gasteiger partial charge in [-0.15, -0.1) is 0 Å². The molecular weight excluding hydrogens is 160 g/mol. The molecule has 0 bridgehead atoms. The van der Waals surface area contributed by atoms with Crippen LogP contribution in [0.5, 0.6) is 0 Å². The van der Waals surface area contributed by atoms with Gasteiger partial charge in [0.2, 0.25) is 5.91 Å². The third-order valence-electron chi connectivity index (χ3n) is 1.74. The van der Waals surface area contributed by atoms with Crippen LogP contribution in [-0.2, 0) is 9.59 Å². The zero-order valence-electron chi connectivity index (χ0n) is 7.20. The van der Waals surface area contributed by atoms with Crippen LogP contribution in [0.4, 0.5) is 0 Å². The lowest BCUT2D eigenvalue weighted by atomic mass is 10.0. The third-order valence-corrected chi connectivity index (χ3v) is 1.74. The van der Waals surface area contributed by atoms with Crippen LogP contribution in [0, 0.1) is 5.92 Å². The Balaban J connectivity index is 3.79. The highest BCUT2D eigenvalue weighted by Crippen LogP contribution is 2.01. The maximum Gasteiger partial charge on any atom is 0.307 e. The first-order valence-electron chi connectivity index (χ1n) is 3.69. The van der Waals surface area contributed by atoms with Gasteiger partial charge in [0.1, 0.15) is 0 Å². The first-order valence-corrected chi connectivity index (χ1v) is 3.69. The van der Waals surface area contributed by atoms with Crippen molar-refractivity contribution in [1.82, 2.24) is 5.32 Å². The van der Waals surface area contributed by atoms with Gasteiger partial charge in [0.15, 0.2) is 0 Å². The van der Waals surface area contributed by atoms with Crippen molar-refractivity contribution < 1.29 is 14.7 Å². The normalized spacial score (nSPS) is 15.2. The van der Waals surface area contributed by atoms with Crippen molar-refractivity contribution in [3.63, 3.8) is 0 Å². The molecule has 4 N–H and O–H groups in total. The average molecular weight is 174 g/mol. The van der Waals surface area contributed by atoms with E-state index >= 15 is 0 Å². The minimum atomic E-state index is -0.889. The molecule has 2 atom stereocenters. The fourth-order valence-electron chi connectivity index (χ4n) is 0.652. The highest BCUT2D eigenvalue weighted by Gasteiger charge is 2.18. The molecule has 5 nitrogen and oxygen atoms in total. The number of carbonyl (C=O) groups is 2. The molecule has 0 aromatic rings. The second-order valence-electron chi connectivity index (χ2n) is 2.76. The maximum absolute atomic E-state index is 10.4. The van der Waals surface area contributed by atoms with Gasteiger partial charge < -0.3 is 16.2 Å². The number of carbonyl (C=O) groups excluding carboxylic acids is 1. The predicted molar refractivity (Wildman–Crippen MR) is 43.5 cm³/mol. The standard InChI is InChI=1S/C7H14N2O3/c1-4(7(11)12)5(2)9-3-6(8)10/h4-5,9H,3H2,1-2H3,(H2,8,10)(H,11,12). The summed E-state index contributed by atoms with van der Waals surface area (Å²) < 4.78 is 0. The fourth-order valence-corrected chi connectivity index (χ4v) is 0.652. The Hall–Kier alpha value is -1.10. The second kappa shape index (κ2) is 4.71. The molecule has 0 heterocycles. The Morgan fingerprint density at radius 2 is 2.00 bits per heavy atom. The van der Waals surface area contributed by atoms with Crippen molar-refractivity contribution in [2.45, 2.75) is 19.9 Å². The Morgan fingerprint density at radius 3 is 2.33 bits per heavy atom. The number of carboxylic acid groups (broad SMARTS) is 1. The van der Waals surface area contributed by atoms with Crippen molar-refractivity contribution in [2.75, 3.05) is 6.54 Å². The molecule has 1 amide bonds. The number of nitrogens with two attached hydrogens (primary N) is 1. The highest BCUT2D eigenvalue weighted by molar-refractivity contribution is 5.76. The van der Waals surface area contributed by atoms with Gasteiger partial charge in [0, 0.05) is 6.04 Å². The van der Waals surface area contributed by atoms with Crippen molar-refractivity contribution in [1.29, 1.82) is 0 Å². The summed E-state index contributed by atoms with van der Waals surface area (Å²) in [6.07, 6.45) is 0. The molecule has 0 aliphatic heterocycles. The number of carboxylic acids is 1. The first-order chi connectivity index (χ1) is 5.45. The molecule has 12 heavy (non-hydrogen) atoms. The van der Waals surface area contributed by atoms with E-state index in [0.717, 1.165) is 0 Å². The molecule has 0 aromatic heterocycles. The number of hydrogen-bond acceptors (Lipinski definition) is 3. The van der Waals surface area contributed by atoms with Gasteiger partial charge in [-0.1, -0.05) is 6.92 Å². The molecule has 0 aromatic carbocycles. The van der Waals surface area contributed by atoms with Crippen molar-refractivity contribution >= 4 is 11.9 Å². The summed E-state index contributed by atoms with van der Waals surface area (Å²) in [5.74, 6) is -1.90. The summed E-state index contributed by atoms with van der Waals surface area (Å²) in [4.78, 5) is 20.7. The first kappa shape index (κ1) is 10.9. The smallest absolute Gasteiger partial charge is 0.307 e. The van der Waals surface area contributed by atoms with Gasteiger partial charge in [0.05, 0.1) is 12.5 Å². The van der Waals surface area contributed by atoms with Crippen molar-refractivity contribution in [2.24, 2.45) is 11.7 Å². The molecule has 70 valence electrons. The van der Waals surface area contributed by atoms with Crippen LogP contribution in [-0.4, -0.2) is 29.6 Å². The van der Waals surface area contributed by atoms with E-state index in [1.807, 2.05) is 0 Å². The summed E-state index contributed by atoms with van der Waals surface area (Å²) >= 11 is 0. The molecule has 0 aliphatic rings. The largest absolute Gasteiger partial charge is 0.481 e. The topological polar surface area (TPSA) is 92.4 Å². The van der Waals surface area contributed by atoms with Gasteiger partial charge in [-0.2, -0.15) is 0 Å². The third kappa shape index (κ3) is 3.92. The quantitative estimate of drug-likeness (QED) is 0.507. The van der Waals surface area contributed by atoms with E-state index in [9.17, 15) is 9.59 Å². The van der Waals surface area contributed by atoms with E-state index in [2.05, 4.69) is 5.32 Å². The van der Waals surface area contributed by atoms with Crippen LogP contribution in [0.3, 0.4) is 0 Å². The molecule has 0 rings (SSSR count). The summed E-state index contributed by atoms with van der Waals surface area (Å²) in [6, 6.07) is -0.255. The van der Waals surface area contributed by atoms with Crippen LogP contribution in [0.25, 0.3) is 0 Å². The second-order valence-corrected chi connectivity index (χ2v) is 2.76. The van der Waals surface area contributed by atoms with E-state index in [0.29, 0.717) is 0 Å². The minimum absolute atomic E-state index is 0.0127. The van der Waals surface area contributed by atoms with Gasteiger partial charge in [-0.25, -0.2) is 0 Å². The van der Waals surface area contributed by atoms with Gasteiger partial charge >= 0.3 is 5.97 Å². The van der Waals surface area contributed by atoms with Crippen LogP contribution in [0.1, 0.15) is 13.8 Å². The van der Waals surface area contributed by atoms with Crippen LogP contribution >= 0.6 is 0 Å². The molecule has 0 fully saturated rings. The molecule has 0 saturated heterocycles. The van der Waals surface area contributed by atoms with Gasteiger partial charge in [-0.05, 0) is 6.92 Å². The zero-order valence-corrected chi connectivity index (χ0v) is 7.20.